The second kappa shape index (κ2) is 6.69. The Bertz CT molecular complexity index is 518. The van der Waals surface area contributed by atoms with E-state index in [9.17, 15) is 0 Å². The topological polar surface area (TPSA) is 21.3 Å². The summed E-state index contributed by atoms with van der Waals surface area (Å²) in [4.78, 5) is 0. The van der Waals surface area contributed by atoms with Crippen LogP contribution in [-0.4, -0.2) is 19.8 Å². The van der Waals surface area contributed by atoms with E-state index in [0.29, 0.717) is 6.04 Å². The molecule has 2 atom stereocenters. The highest BCUT2D eigenvalue weighted by atomic mass is 16.5. The van der Waals surface area contributed by atoms with Gasteiger partial charge < -0.3 is 10.1 Å². The van der Waals surface area contributed by atoms with E-state index in [-0.39, 0.29) is 6.10 Å². The molecule has 0 bridgehead atoms. The van der Waals surface area contributed by atoms with Crippen LogP contribution in [0.5, 0.6) is 0 Å². The number of fused-ring (bicyclic) bond motifs is 1. The van der Waals surface area contributed by atoms with Crippen LogP contribution < -0.4 is 5.32 Å². The maximum Gasteiger partial charge on any atom is 0.0561 e. The van der Waals surface area contributed by atoms with Gasteiger partial charge >= 0.3 is 0 Å². The van der Waals surface area contributed by atoms with Crippen molar-refractivity contribution in [1.29, 1.82) is 0 Å². The van der Waals surface area contributed by atoms with Crippen LogP contribution in [0.25, 0.3) is 10.8 Å². The SMILES string of the molecule is CCNC(CC(C)OC)c1cccc2ccccc12. The van der Waals surface area contributed by atoms with Crippen LogP contribution in [0.1, 0.15) is 31.9 Å². The minimum atomic E-state index is 0.253. The van der Waals surface area contributed by atoms with Crippen molar-refractivity contribution in [2.24, 2.45) is 0 Å². The molecule has 0 fully saturated rings. The van der Waals surface area contributed by atoms with E-state index in [1.165, 1.54) is 16.3 Å². The molecule has 0 saturated carbocycles. The number of rotatable bonds is 6. The van der Waals surface area contributed by atoms with Gasteiger partial charge in [-0.2, -0.15) is 0 Å². The average molecular weight is 257 g/mol. The van der Waals surface area contributed by atoms with Gasteiger partial charge in [0.15, 0.2) is 0 Å². The summed E-state index contributed by atoms with van der Waals surface area (Å²) >= 11 is 0. The minimum absolute atomic E-state index is 0.253. The molecule has 0 aliphatic carbocycles. The van der Waals surface area contributed by atoms with Gasteiger partial charge in [-0.3, -0.25) is 0 Å². The van der Waals surface area contributed by atoms with Crippen molar-refractivity contribution in [1.82, 2.24) is 5.32 Å². The highest BCUT2D eigenvalue weighted by molar-refractivity contribution is 5.86. The zero-order chi connectivity index (χ0) is 13.7. The second-order valence-electron chi connectivity index (χ2n) is 4.96. The molecule has 19 heavy (non-hydrogen) atoms. The van der Waals surface area contributed by atoms with Crippen LogP contribution in [0.3, 0.4) is 0 Å². The van der Waals surface area contributed by atoms with Crippen LogP contribution in [0.4, 0.5) is 0 Å². The minimum Gasteiger partial charge on any atom is -0.382 e. The van der Waals surface area contributed by atoms with Crippen LogP contribution in [0, 0.1) is 0 Å². The Labute approximate surface area is 115 Å². The molecule has 0 aliphatic rings. The fourth-order valence-corrected chi connectivity index (χ4v) is 2.55. The van der Waals surface area contributed by atoms with Crippen molar-refractivity contribution in [2.75, 3.05) is 13.7 Å². The first-order valence-electron chi connectivity index (χ1n) is 7.00. The zero-order valence-corrected chi connectivity index (χ0v) is 12.0. The van der Waals surface area contributed by atoms with Crippen LogP contribution in [0.2, 0.25) is 0 Å². The van der Waals surface area contributed by atoms with Gasteiger partial charge in [0.25, 0.3) is 0 Å². The molecular formula is C17H23NO. The molecular weight excluding hydrogens is 234 g/mol. The molecule has 0 spiro atoms. The Morgan fingerprint density at radius 1 is 1.11 bits per heavy atom. The van der Waals surface area contributed by atoms with E-state index in [2.05, 4.69) is 61.6 Å². The van der Waals surface area contributed by atoms with Crippen LogP contribution >= 0.6 is 0 Å². The van der Waals surface area contributed by atoms with Gasteiger partial charge in [-0.15, -0.1) is 0 Å². The van der Waals surface area contributed by atoms with Crippen molar-refractivity contribution in [2.45, 2.75) is 32.4 Å². The molecule has 102 valence electrons. The van der Waals surface area contributed by atoms with Crippen molar-refractivity contribution >= 4 is 10.8 Å². The van der Waals surface area contributed by atoms with E-state index < -0.39 is 0 Å². The summed E-state index contributed by atoms with van der Waals surface area (Å²) in [5.74, 6) is 0. The number of hydrogen-bond donors (Lipinski definition) is 1. The third-order valence-electron chi connectivity index (χ3n) is 3.62. The Hall–Kier alpha value is -1.38. The van der Waals surface area contributed by atoms with E-state index in [1.807, 2.05) is 0 Å². The third-order valence-corrected chi connectivity index (χ3v) is 3.62. The Morgan fingerprint density at radius 3 is 2.58 bits per heavy atom. The predicted molar refractivity (Wildman–Crippen MR) is 81.5 cm³/mol. The number of nitrogens with one attached hydrogen (secondary N) is 1. The van der Waals surface area contributed by atoms with E-state index >= 15 is 0 Å². The normalized spacial score (nSPS) is 14.5. The van der Waals surface area contributed by atoms with Gasteiger partial charge in [-0.05, 0) is 36.2 Å². The molecule has 2 heteroatoms. The van der Waals surface area contributed by atoms with Crippen molar-refractivity contribution in [3.63, 3.8) is 0 Å². The van der Waals surface area contributed by atoms with Crippen LogP contribution in [0.15, 0.2) is 42.5 Å². The monoisotopic (exact) mass is 257 g/mol. The number of ether oxygens (including phenoxy) is 1. The Balaban J connectivity index is 2.38. The fourth-order valence-electron chi connectivity index (χ4n) is 2.55. The first kappa shape index (κ1) is 14.0. The van der Waals surface area contributed by atoms with Gasteiger partial charge in [0.2, 0.25) is 0 Å². The third kappa shape index (κ3) is 3.34. The smallest absolute Gasteiger partial charge is 0.0561 e. The molecule has 2 aromatic rings. The van der Waals surface area contributed by atoms with E-state index in [0.717, 1.165) is 13.0 Å². The molecule has 2 aromatic carbocycles. The Kier molecular flexibility index (Phi) is 4.94. The second-order valence-corrected chi connectivity index (χ2v) is 4.96. The number of methoxy groups -OCH3 is 1. The molecule has 0 amide bonds. The summed E-state index contributed by atoms with van der Waals surface area (Å²) in [6.07, 6.45) is 1.24. The molecule has 2 rings (SSSR count). The Morgan fingerprint density at radius 2 is 1.84 bits per heavy atom. The first-order chi connectivity index (χ1) is 9.26. The standard InChI is InChI=1S/C17H23NO/c1-4-18-17(12-13(2)19-3)16-11-7-9-14-8-5-6-10-15(14)16/h5-11,13,17-18H,4,12H2,1-3H3. The molecule has 1 N–H and O–H groups in total. The predicted octanol–water partition coefficient (Wildman–Crippen LogP) is 3.92. The van der Waals surface area contributed by atoms with Gasteiger partial charge in [-0.25, -0.2) is 0 Å². The first-order valence-corrected chi connectivity index (χ1v) is 7.00. The summed E-state index contributed by atoms with van der Waals surface area (Å²) in [5, 5.41) is 6.21. The maximum atomic E-state index is 5.42. The lowest BCUT2D eigenvalue weighted by molar-refractivity contribution is 0.101. The quantitative estimate of drug-likeness (QED) is 0.847. The average Bonchev–Trinajstić information content (AvgIpc) is 2.46. The molecule has 0 aliphatic heterocycles. The van der Waals surface area contributed by atoms with E-state index in [1.54, 1.807) is 7.11 Å². The summed E-state index contributed by atoms with van der Waals surface area (Å²) in [5.41, 5.74) is 1.36. The lowest BCUT2D eigenvalue weighted by Gasteiger charge is -2.23. The van der Waals surface area contributed by atoms with Gasteiger partial charge in [-0.1, -0.05) is 49.4 Å². The van der Waals surface area contributed by atoms with Gasteiger partial charge in [0.05, 0.1) is 6.10 Å². The van der Waals surface area contributed by atoms with Crippen molar-refractivity contribution < 1.29 is 4.74 Å². The highest BCUT2D eigenvalue weighted by Gasteiger charge is 2.16. The zero-order valence-electron chi connectivity index (χ0n) is 12.0. The lowest BCUT2D eigenvalue weighted by Crippen LogP contribution is -2.25. The molecule has 0 saturated heterocycles. The lowest BCUT2D eigenvalue weighted by atomic mass is 9.95. The van der Waals surface area contributed by atoms with Crippen molar-refractivity contribution in [3.05, 3.63) is 48.0 Å². The van der Waals surface area contributed by atoms with Crippen molar-refractivity contribution in [3.8, 4) is 0 Å². The largest absolute Gasteiger partial charge is 0.382 e. The molecule has 2 nitrogen and oxygen atoms in total. The number of benzene rings is 2. The molecule has 0 aromatic heterocycles. The maximum absolute atomic E-state index is 5.42. The summed E-state index contributed by atoms with van der Waals surface area (Å²) in [6.45, 7) is 5.23. The van der Waals surface area contributed by atoms with Gasteiger partial charge in [0, 0.05) is 13.2 Å². The summed E-state index contributed by atoms with van der Waals surface area (Å²) < 4.78 is 5.42. The fraction of sp³-hybridized carbons (Fsp3) is 0.412. The molecule has 2 unspecified atom stereocenters. The molecule has 0 heterocycles. The van der Waals surface area contributed by atoms with E-state index in [4.69, 9.17) is 4.74 Å². The van der Waals surface area contributed by atoms with Gasteiger partial charge in [0.1, 0.15) is 0 Å². The summed E-state index contributed by atoms with van der Waals surface area (Å²) in [7, 11) is 1.77. The molecule has 0 radical (unpaired) electrons. The van der Waals surface area contributed by atoms with Crippen LogP contribution in [-0.2, 0) is 4.74 Å². The summed E-state index contributed by atoms with van der Waals surface area (Å²) in [6, 6.07) is 15.4. The number of hydrogen-bond acceptors (Lipinski definition) is 2. The highest BCUT2D eigenvalue weighted by Crippen LogP contribution is 2.27.